The summed E-state index contributed by atoms with van der Waals surface area (Å²) in [5, 5.41) is 0. The summed E-state index contributed by atoms with van der Waals surface area (Å²) < 4.78 is 0. The minimum Gasteiger partial charge on any atom is -0.324 e. The highest BCUT2D eigenvalue weighted by Gasteiger charge is 2.52. The maximum atomic E-state index is 5.96. The highest BCUT2D eigenvalue weighted by Crippen LogP contribution is 2.65. The van der Waals surface area contributed by atoms with Crippen molar-refractivity contribution in [3.05, 3.63) is 329 Å². The van der Waals surface area contributed by atoms with E-state index in [9.17, 15) is 0 Å². The van der Waals surface area contributed by atoms with Gasteiger partial charge < -0.3 is 9.97 Å². The Balaban J connectivity index is 0.947. The van der Waals surface area contributed by atoms with Crippen molar-refractivity contribution >= 4 is 44.9 Å². The molecular weight excluding hydrogens is 977 g/mol. The second kappa shape index (κ2) is 14.2. The molecule has 14 aliphatic rings. The van der Waals surface area contributed by atoms with Crippen LogP contribution in [0.5, 0.6) is 0 Å². The summed E-state index contributed by atoms with van der Waals surface area (Å²) in [5.41, 5.74) is 33.2. The predicted molar refractivity (Wildman–Crippen MR) is 308 cm³/mol. The summed E-state index contributed by atoms with van der Waals surface area (Å²) in [6.07, 6.45) is 0. The van der Waals surface area contributed by atoms with Gasteiger partial charge in [-0.15, -0.1) is 0 Å². The molecule has 0 saturated heterocycles. The lowest BCUT2D eigenvalue weighted by molar-refractivity contribution is 0.766. The molecule has 0 amide bonds. The summed E-state index contributed by atoms with van der Waals surface area (Å²) >= 11 is 0. The number of aromatic nitrogens is 8. The van der Waals surface area contributed by atoms with E-state index in [1.54, 1.807) is 0 Å². The number of hydrogen-bond donors (Lipinski definition) is 2. The number of fused-ring (bicyclic) bond motifs is 8. The van der Waals surface area contributed by atoms with E-state index in [1.165, 1.54) is 89.0 Å². The first kappa shape index (κ1) is 41.2. The second-order valence-corrected chi connectivity index (χ2v) is 23.4. The smallest absolute Gasteiger partial charge is 0.161 e. The second-order valence-electron chi connectivity index (χ2n) is 23.4. The summed E-state index contributed by atoms with van der Waals surface area (Å²) in [6.45, 7) is 0. The standard InChI is InChI=1S/C72H42N8/c1-2-18-34-33(17-1)49-35-19-3-4-20-36(35)50(34)58-57(49)65-73-66(58)78-68-61-53-41-25-9-11-27-43(41)54(44-28-12-10-26-42(44)53)62(61)70(75-68)80-72-64-56-47-31-15-13-29-45(47)55(46-30-14-16-32-48(46)56)63(64)71(76-72)79-69-60-52-39-23-7-5-21-37(39)51(59(60)67(74-69)77-65)38-22-6-8-24-40(38)52/h1-32,49-56H,(H2,73,74,75,76,77,78,79,80). The van der Waals surface area contributed by atoms with Gasteiger partial charge in [0.2, 0.25) is 0 Å². The lowest BCUT2D eigenvalue weighted by atomic mass is 9.61. The van der Waals surface area contributed by atoms with Crippen LogP contribution in [0.25, 0.3) is 44.9 Å². The van der Waals surface area contributed by atoms with Gasteiger partial charge >= 0.3 is 0 Å². The van der Waals surface area contributed by atoms with Gasteiger partial charge in [-0.05, 0) is 89.0 Å². The van der Waals surface area contributed by atoms with Crippen molar-refractivity contribution in [2.75, 3.05) is 0 Å². The molecule has 0 spiro atoms. The molecule has 80 heavy (non-hydrogen) atoms. The molecule has 25 rings (SSSR count). The van der Waals surface area contributed by atoms with Gasteiger partial charge in [0.15, 0.2) is 23.3 Å². The summed E-state index contributed by atoms with van der Waals surface area (Å²) in [5.74, 6) is 2.09. The first-order valence-corrected chi connectivity index (χ1v) is 28.2. The lowest BCUT2D eigenvalue weighted by Crippen LogP contribution is -2.27. The molecule has 370 valence electrons. The van der Waals surface area contributed by atoms with Crippen LogP contribution in [0, 0.1) is 0 Å². The quantitative estimate of drug-likeness (QED) is 0.157. The number of rotatable bonds is 0. The topological polar surface area (TPSA) is 109 Å². The van der Waals surface area contributed by atoms with Crippen LogP contribution in [0.1, 0.15) is 182 Å². The molecule has 0 atom stereocenters. The monoisotopic (exact) mass is 1020 g/mol. The largest absolute Gasteiger partial charge is 0.324 e. The molecule has 8 heteroatoms. The molecule has 2 N–H and O–H groups in total. The van der Waals surface area contributed by atoms with Crippen LogP contribution in [0.2, 0.25) is 0 Å². The summed E-state index contributed by atoms with van der Waals surface area (Å²) in [6, 6.07) is 72.2. The van der Waals surface area contributed by atoms with E-state index in [0.717, 1.165) is 67.1 Å². The van der Waals surface area contributed by atoms with Gasteiger partial charge in [0, 0.05) is 91.9 Å². The van der Waals surface area contributed by atoms with Crippen molar-refractivity contribution < 1.29 is 0 Å². The number of nitrogens with one attached hydrogen (secondary N) is 2. The molecule has 8 nitrogen and oxygen atoms in total. The Morgan fingerprint density at radius 1 is 0.188 bits per heavy atom. The highest BCUT2D eigenvalue weighted by atomic mass is 15.1. The molecule has 0 saturated carbocycles. The van der Waals surface area contributed by atoms with E-state index in [4.69, 9.17) is 29.9 Å². The van der Waals surface area contributed by atoms with Gasteiger partial charge in [0.05, 0.1) is 0 Å². The van der Waals surface area contributed by atoms with Gasteiger partial charge in [-0.25, -0.2) is 29.9 Å². The van der Waals surface area contributed by atoms with Crippen LogP contribution >= 0.6 is 0 Å². The average molecular weight is 1020 g/mol. The third-order valence-electron chi connectivity index (χ3n) is 20.2. The fraction of sp³-hybridized carbons (Fsp3) is 0.111. The lowest BCUT2D eigenvalue weighted by Gasteiger charge is -2.41. The Morgan fingerprint density at radius 2 is 0.338 bits per heavy atom. The molecule has 0 unspecified atom stereocenters. The van der Waals surface area contributed by atoms with Crippen LogP contribution in [-0.2, 0) is 0 Å². The van der Waals surface area contributed by atoms with Gasteiger partial charge in [-0.3, -0.25) is 0 Å². The van der Waals surface area contributed by atoms with E-state index in [-0.39, 0.29) is 47.3 Å². The minimum absolute atomic E-state index is 0.0807. The molecule has 0 fully saturated rings. The number of aromatic amines is 2. The molecule has 0 radical (unpaired) electrons. The highest BCUT2D eigenvalue weighted by molar-refractivity contribution is 6.05. The molecule has 2 aliphatic heterocycles. The Bertz CT molecular complexity index is 4250. The summed E-state index contributed by atoms with van der Waals surface area (Å²) in [4.78, 5) is 43.5. The maximum Gasteiger partial charge on any atom is 0.161 e. The third-order valence-corrected chi connectivity index (χ3v) is 20.2. The Labute approximate surface area is 458 Å². The molecule has 5 heterocycles. The SMILES string of the molecule is c1ccc2c(c1)C1C3=C(c4nc3nc3[nH]c(nc5nc(nc6[nH]c(n4)c4c6C6c7ccccc7C4c4ccccc46)C4=C5C5c6ccccc6C4c4ccccc45)c4c3C3c5ccccc5C4c4ccccc43)C2c2ccccc21. The van der Waals surface area contributed by atoms with Gasteiger partial charge in [-0.2, -0.15) is 0 Å². The number of benzene rings is 8. The molecule has 8 aromatic carbocycles. The average Bonchev–Trinajstić information content (AvgIpc) is 3.46. The summed E-state index contributed by atoms with van der Waals surface area (Å²) in [7, 11) is 0. The molecule has 16 bridgehead atoms. The van der Waals surface area contributed by atoms with Crippen LogP contribution in [-0.4, -0.2) is 39.9 Å². The zero-order valence-corrected chi connectivity index (χ0v) is 42.8. The van der Waals surface area contributed by atoms with Crippen molar-refractivity contribution in [1.29, 1.82) is 0 Å². The maximum absolute atomic E-state index is 5.96. The van der Waals surface area contributed by atoms with Gasteiger partial charge in [0.1, 0.15) is 22.6 Å². The zero-order chi connectivity index (χ0) is 51.4. The molecular formula is C72H42N8. The predicted octanol–water partition coefficient (Wildman–Crippen LogP) is 14.3. The van der Waals surface area contributed by atoms with Gasteiger partial charge in [0.25, 0.3) is 0 Å². The van der Waals surface area contributed by atoms with Crippen LogP contribution in [0.15, 0.2) is 194 Å². The third kappa shape index (κ3) is 4.75. The van der Waals surface area contributed by atoms with Crippen molar-refractivity contribution in [2.24, 2.45) is 0 Å². The van der Waals surface area contributed by atoms with E-state index >= 15 is 0 Å². The van der Waals surface area contributed by atoms with Crippen molar-refractivity contribution in [2.45, 2.75) is 47.3 Å². The van der Waals surface area contributed by atoms with Crippen molar-refractivity contribution in [1.82, 2.24) is 39.9 Å². The number of allylic oxidation sites excluding steroid dienone is 4. The van der Waals surface area contributed by atoms with Gasteiger partial charge in [-0.1, -0.05) is 194 Å². The Morgan fingerprint density at radius 3 is 0.500 bits per heavy atom. The van der Waals surface area contributed by atoms with E-state index in [0.29, 0.717) is 23.3 Å². The van der Waals surface area contributed by atoms with E-state index < -0.39 is 0 Å². The fourth-order valence-corrected chi connectivity index (χ4v) is 17.5. The normalized spacial score (nSPS) is 22.9. The van der Waals surface area contributed by atoms with E-state index in [1.807, 2.05) is 0 Å². The number of nitrogens with zero attached hydrogens (tertiary/aromatic N) is 6. The molecule has 12 aliphatic carbocycles. The Hall–Kier alpha value is -9.92. The van der Waals surface area contributed by atoms with Crippen molar-refractivity contribution in [3.8, 4) is 0 Å². The van der Waals surface area contributed by atoms with Crippen molar-refractivity contribution in [3.63, 3.8) is 0 Å². The van der Waals surface area contributed by atoms with Crippen LogP contribution in [0.4, 0.5) is 0 Å². The first-order chi connectivity index (χ1) is 39.7. The Kier molecular flexibility index (Phi) is 7.32. The fourth-order valence-electron chi connectivity index (χ4n) is 17.5. The zero-order valence-electron chi connectivity index (χ0n) is 42.8. The number of H-pyrrole nitrogens is 2. The van der Waals surface area contributed by atoms with Crippen LogP contribution < -0.4 is 0 Å². The minimum atomic E-state index is -0.0928. The van der Waals surface area contributed by atoms with Crippen LogP contribution in [0.3, 0.4) is 0 Å². The van der Waals surface area contributed by atoms with E-state index in [2.05, 4.69) is 204 Å². The number of hydrogen-bond acceptors (Lipinski definition) is 6. The molecule has 11 aromatic rings. The first-order valence-electron chi connectivity index (χ1n) is 28.2. The molecule has 3 aromatic heterocycles.